The number of hydrogen-bond acceptors (Lipinski definition) is 5. The average molecular weight is 378 g/mol. The molecule has 0 saturated carbocycles. The zero-order valence-electron chi connectivity index (χ0n) is 13.5. The van der Waals surface area contributed by atoms with Crippen molar-refractivity contribution in [3.05, 3.63) is 66.1 Å². The van der Waals surface area contributed by atoms with Crippen LogP contribution in [-0.4, -0.2) is 20.9 Å². The molecule has 0 atom stereocenters. The SMILES string of the molecule is CCOc1ccc(S(=O)(=O)NNC(=O)/C=C/Sc2ccccc2)cc1. The molecule has 0 fully saturated rings. The van der Waals surface area contributed by atoms with E-state index in [0.29, 0.717) is 12.4 Å². The molecule has 1 amide bonds. The number of sulfonamides is 1. The van der Waals surface area contributed by atoms with E-state index >= 15 is 0 Å². The van der Waals surface area contributed by atoms with Gasteiger partial charge in [0.25, 0.3) is 15.9 Å². The van der Waals surface area contributed by atoms with E-state index in [4.69, 9.17) is 4.74 Å². The Kier molecular flexibility index (Phi) is 7.05. The Labute approximate surface area is 151 Å². The monoisotopic (exact) mass is 378 g/mol. The highest BCUT2D eigenvalue weighted by molar-refractivity contribution is 8.02. The van der Waals surface area contributed by atoms with Gasteiger partial charge in [-0.3, -0.25) is 10.2 Å². The number of ether oxygens (including phenoxy) is 1. The van der Waals surface area contributed by atoms with Crippen LogP contribution >= 0.6 is 11.8 Å². The van der Waals surface area contributed by atoms with Gasteiger partial charge in [-0.15, -0.1) is 4.83 Å². The Balaban J connectivity index is 1.87. The quantitative estimate of drug-likeness (QED) is 0.419. The summed E-state index contributed by atoms with van der Waals surface area (Å²) in [5, 5.41) is 1.58. The normalized spacial score (nSPS) is 11.4. The van der Waals surface area contributed by atoms with Crippen LogP contribution in [0.25, 0.3) is 0 Å². The van der Waals surface area contributed by atoms with Gasteiger partial charge >= 0.3 is 0 Å². The molecule has 0 aromatic heterocycles. The van der Waals surface area contributed by atoms with Gasteiger partial charge in [0.15, 0.2) is 0 Å². The van der Waals surface area contributed by atoms with Crippen molar-refractivity contribution in [2.45, 2.75) is 16.7 Å². The van der Waals surface area contributed by atoms with Crippen molar-refractivity contribution in [3.63, 3.8) is 0 Å². The lowest BCUT2D eigenvalue weighted by Gasteiger charge is -2.08. The third kappa shape index (κ3) is 6.26. The molecule has 132 valence electrons. The molecule has 0 heterocycles. The van der Waals surface area contributed by atoms with Gasteiger partial charge in [0, 0.05) is 11.0 Å². The smallest absolute Gasteiger partial charge is 0.259 e. The van der Waals surface area contributed by atoms with E-state index in [1.54, 1.807) is 17.5 Å². The molecule has 0 aliphatic rings. The van der Waals surface area contributed by atoms with Crippen molar-refractivity contribution >= 4 is 27.7 Å². The second kappa shape index (κ2) is 9.26. The third-order valence-electron chi connectivity index (χ3n) is 2.92. The number of hydrogen-bond donors (Lipinski definition) is 2. The number of rotatable bonds is 8. The Morgan fingerprint density at radius 2 is 1.80 bits per heavy atom. The van der Waals surface area contributed by atoms with Gasteiger partial charge in [-0.05, 0) is 48.7 Å². The summed E-state index contributed by atoms with van der Waals surface area (Å²) in [4.78, 5) is 14.7. The molecular formula is C17H18N2O4S2. The number of thioether (sulfide) groups is 1. The first-order chi connectivity index (χ1) is 12.0. The van der Waals surface area contributed by atoms with E-state index in [1.165, 1.54) is 30.0 Å². The molecule has 0 radical (unpaired) electrons. The van der Waals surface area contributed by atoms with Crippen molar-refractivity contribution in [1.82, 2.24) is 10.3 Å². The maximum Gasteiger partial charge on any atom is 0.259 e. The molecule has 6 nitrogen and oxygen atoms in total. The van der Waals surface area contributed by atoms with Gasteiger partial charge in [0.2, 0.25) is 0 Å². The Morgan fingerprint density at radius 1 is 1.12 bits per heavy atom. The van der Waals surface area contributed by atoms with Crippen molar-refractivity contribution in [2.75, 3.05) is 6.61 Å². The zero-order valence-corrected chi connectivity index (χ0v) is 15.1. The van der Waals surface area contributed by atoms with Gasteiger partial charge in [-0.2, -0.15) is 0 Å². The van der Waals surface area contributed by atoms with Crippen LogP contribution in [-0.2, 0) is 14.8 Å². The van der Waals surface area contributed by atoms with Crippen LogP contribution in [0.2, 0.25) is 0 Å². The predicted molar refractivity (Wildman–Crippen MR) is 97.5 cm³/mol. The van der Waals surface area contributed by atoms with Gasteiger partial charge in [-0.25, -0.2) is 8.42 Å². The molecule has 2 rings (SSSR count). The first-order valence-corrected chi connectivity index (χ1v) is 9.80. The minimum absolute atomic E-state index is 0.0268. The van der Waals surface area contributed by atoms with E-state index < -0.39 is 15.9 Å². The van der Waals surface area contributed by atoms with Crippen molar-refractivity contribution < 1.29 is 17.9 Å². The zero-order chi connectivity index (χ0) is 18.1. The number of carbonyl (C=O) groups excluding carboxylic acids is 1. The summed E-state index contributed by atoms with van der Waals surface area (Å²) in [6.07, 6.45) is 1.25. The highest BCUT2D eigenvalue weighted by Gasteiger charge is 2.14. The lowest BCUT2D eigenvalue weighted by Crippen LogP contribution is -2.40. The summed E-state index contributed by atoms with van der Waals surface area (Å²) in [7, 11) is -3.84. The summed E-state index contributed by atoms with van der Waals surface area (Å²) in [6.45, 7) is 2.33. The van der Waals surface area contributed by atoms with Gasteiger partial charge in [0.1, 0.15) is 5.75 Å². The molecule has 2 aromatic rings. The molecule has 0 saturated heterocycles. The maximum absolute atomic E-state index is 12.1. The van der Waals surface area contributed by atoms with Gasteiger partial charge < -0.3 is 4.74 Å². The fourth-order valence-corrected chi connectivity index (χ4v) is 3.28. The molecule has 25 heavy (non-hydrogen) atoms. The summed E-state index contributed by atoms with van der Waals surface area (Å²) in [5.41, 5.74) is 2.14. The molecule has 0 bridgehead atoms. The van der Waals surface area contributed by atoms with Crippen molar-refractivity contribution in [3.8, 4) is 5.75 Å². The van der Waals surface area contributed by atoms with Crippen LogP contribution in [0.3, 0.4) is 0 Å². The van der Waals surface area contributed by atoms with E-state index in [-0.39, 0.29) is 4.90 Å². The lowest BCUT2D eigenvalue weighted by molar-refractivity contribution is -0.116. The summed E-state index contributed by atoms with van der Waals surface area (Å²) in [5.74, 6) is 0.00398. The van der Waals surface area contributed by atoms with Crippen molar-refractivity contribution in [2.24, 2.45) is 0 Å². The van der Waals surface area contributed by atoms with E-state index in [0.717, 1.165) is 4.90 Å². The fraction of sp³-hybridized carbons (Fsp3) is 0.118. The number of nitrogens with one attached hydrogen (secondary N) is 2. The number of hydrazine groups is 1. The van der Waals surface area contributed by atoms with E-state index in [9.17, 15) is 13.2 Å². The van der Waals surface area contributed by atoms with E-state index in [1.807, 2.05) is 42.1 Å². The molecule has 0 unspecified atom stereocenters. The Bertz CT molecular complexity index is 819. The summed E-state index contributed by atoms with van der Waals surface area (Å²) < 4.78 is 29.5. The Morgan fingerprint density at radius 3 is 2.44 bits per heavy atom. The minimum atomic E-state index is -3.84. The van der Waals surface area contributed by atoms with Crippen LogP contribution in [0, 0.1) is 0 Å². The Hall–Kier alpha value is -2.29. The summed E-state index contributed by atoms with van der Waals surface area (Å²) >= 11 is 1.35. The maximum atomic E-state index is 12.1. The van der Waals surface area contributed by atoms with Crippen LogP contribution in [0.1, 0.15) is 6.92 Å². The molecule has 2 aromatic carbocycles. The topological polar surface area (TPSA) is 84.5 Å². The van der Waals surface area contributed by atoms with Crippen LogP contribution in [0.4, 0.5) is 0 Å². The predicted octanol–water partition coefficient (Wildman–Crippen LogP) is 2.70. The molecule has 0 aliphatic heterocycles. The molecule has 0 spiro atoms. The van der Waals surface area contributed by atoms with Crippen LogP contribution in [0.5, 0.6) is 5.75 Å². The molecular weight excluding hydrogens is 360 g/mol. The van der Waals surface area contributed by atoms with Gasteiger partial charge in [0.05, 0.1) is 11.5 Å². The van der Waals surface area contributed by atoms with Crippen LogP contribution in [0.15, 0.2) is 75.9 Å². The standard InChI is InChI=1S/C17H18N2O4S2/c1-2-23-14-8-10-16(11-9-14)25(21,22)19-18-17(20)12-13-24-15-6-4-3-5-7-15/h3-13,19H,2H2,1H3,(H,18,20)/b13-12+. The first kappa shape index (κ1) is 19.0. The number of amides is 1. The average Bonchev–Trinajstić information content (AvgIpc) is 2.62. The minimum Gasteiger partial charge on any atom is -0.494 e. The largest absolute Gasteiger partial charge is 0.494 e. The van der Waals surface area contributed by atoms with E-state index in [2.05, 4.69) is 5.43 Å². The highest BCUT2D eigenvalue weighted by Crippen LogP contribution is 2.18. The molecule has 8 heteroatoms. The first-order valence-electron chi connectivity index (χ1n) is 7.44. The number of benzene rings is 2. The number of carbonyl (C=O) groups is 1. The molecule has 2 N–H and O–H groups in total. The summed E-state index contributed by atoms with van der Waals surface area (Å²) in [6, 6.07) is 15.4. The van der Waals surface area contributed by atoms with Crippen molar-refractivity contribution in [1.29, 1.82) is 0 Å². The second-order valence-corrected chi connectivity index (χ2v) is 7.39. The third-order valence-corrected chi connectivity index (χ3v) is 5.00. The van der Waals surface area contributed by atoms with Crippen LogP contribution < -0.4 is 15.0 Å². The molecule has 0 aliphatic carbocycles. The van der Waals surface area contributed by atoms with Gasteiger partial charge in [-0.1, -0.05) is 30.0 Å². The fourth-order valence-electron chi connectivity index (χ4n) is 1.77. The highest BCUT2D eigenvalue weighted by atomic mass is 32.2. The lowest BCUT2D eigenvalue weighted by atomic mass is 10.3. The second-order valence-electron chi connectivity index (χ2n) is 4.73.